The normalized spacial score (nSPS) is 12.2. The number of nitrogens with zero attached hydrogens (tertiary/aromatic N) is 2. The molecule has 0 aliphatic heterocycles. The molecule has 2 N–H and O–H groups in total. The van der Waals surface area contributed by atoms with Gasteiger partial charge in [-0.1, -0.05) is 84.9 Å². The molecule has 2 amide bonds. The number of nitrogens with one attached hydrogen (secondary N) is 2. The Labute approximate surface area is 264 Å². The van der Waals surface area contributed by atoms with Gasteiger partial charge in [-0.2, -0.15) is 0 Å². The highest BCUT2D eigenvalue weighted by molar-refractivity contribution is 7.92. The zero-order valence-electron chi connectivity index (χ0n) is 25.3. The molecule has 0 aliphatic carbocycles. The van der Waals surface area contributed by atoms with Crippen LogP contribution in [0.25, 0.3) is 0 Å². The van der Waals surface area contributed by atoms with Gasteiger partial charge in [-0.25, -0.2) is 16.8 Å². The largest absolute Gasteiger partial charge is 0.350 e. The van der Waals surface area contributed by atoms with Crippen molar-refractivity contribution >= 4 is 43.2 Å². The predicted molar refractivity (Wildman–Crippen MR) is 177 cm³/mol. The van der Waals surface area contributed by atoms with E-state index in [4.69, 9.17) is 0 Å². The number of anilines is 2. The average Bonchev–Trinajstić information content (AvgIpc) is 3.01. The van der Waals surface area contributed by atoms with Crippen LogP contribution in [0.2, 0.25) is 0 Å². The van der Waals surface area contributed by atoms with E-state index in [1.165, 1.54) is 8.61 Å². The molecule has 0 fully saturated rings. The fourth-order valence-corrected chi connectivity index (χ4v) is 6.52. The lowest BCUT2D eigenvalue weighted by Crippen LogP contribution is -2.43. The molecule has 12 heteroatoms. The molecule has 10 nitrogen and oxygen atoms in total. The van der Waals surface area contributed by atoms with Gasteiger partial charge in [0, 0.05) is 12.6 Å². The van der Waals surface area contributed by atoms with Crippen LogP contribution in [-0.2, 0) is 33.1 Å². The second kappa shape index (κ2) is 14.4. The van der Waals surface area contributed by atoms with Crippen LogP contribution in [0.1, 0.15) is 38.8 Å². The van der Waals surface area contributed by atoms with Crippen molar-refractivity contribution in [2.45, 2.75) is 26.1 Å². The number of hydrogen-bond donors (Lipinski definition) is 2. The van der Waals surface area contributed by atoms with E-state index in [1.54, 1.807) is 79.7 Å². The first-order chi connectivity index (χ1) is 21.3. The van der Waals surface area contributed by atoms with Gasteiger partial charge in [0.05, 0.1) is 48.1 Å². The van der Waals surface area contributed by atoms with E-state index >= 15 is 0 Å². The molecule has 0 saturated heterocycles. The van der Waals surface area contributed by atoms with Crippen LogP contribution in [0, 0.1) is 0 Å². The monoisotopic (exact) mass is 648 g/mol. The summed E-state index contributed by atoms with van der Waals surface area (Å²) in [4.78, 5) is 26.7. The molecule has 0 saturated carbocycles. The second-order valence-electron chi connectivity index (χ2n) is 10.6. The molecule has 4 aromatic carbocycles. The minimum Gasteiger partial charge on any atom is -0.350 e. The zero-order chi connectivity index (χ0) is 32.6. The van der Waals surface area contributed by atoms with E-state index in [-0.39, 0.29) is 42.1 Å². The van der Waals surface area contributed by atoms with Crippen molar-refractivity contribution in [3.05, 3.63) is 131 Å². The lowest BCUT2D eigenvalue weighted by atomic mass is 10.1. The van der Waals surface area contributed by atoms with Gasteiger partial charge in [0.25, 0.3) is 11.8 Å². The SMILES string of the molecule is C[C@H](CNC(=O)c1ccccc1N(Cc1ccccc1)S(C)(=O)=O)NC(=O)c1ccccc1N(Cc1ccccc1)S(C)(=O)=O. The first-order valence-corrected chi connectivity index (χ1v) is 17.8. The smallest absolute Gasteiger partial charge is 0.253 e. The summed E-state index contributed by atoms with van der Waals surface area (Å²) in [6, 6.07) is 30.4. The Morgan fingerprint density at radius 1 is 0.600 bits per heavy atom. The summed E-state index contributed by atoms with van der Waals surface area (Å²) in [6.45, 7) is 1.82. The predicted octanol–water partition coefficient (Wildman–Crippen LogP) is 4.17. The van der Waals surface area contributed by atoms with Gasteiger partial charge in [0.15, 0.2) is 0 Å². The summed E-state index contributed by atoms with van der Waals surface area (Å²) >= 11 is 0. The van der Waals surface area contributed by atoms with Crippen LogP contribution in [-0.4, -0.2) is 53.7 Å². The van der Waals surface area contributed by atoms with Crippen molar-refractivity contribution in [2.75, 3.05) is 27.7 Å². The molecule has 45 heavy (non-hydrogen) atoms. The van der Waals surface area contributed by atoms with Crippen LogP contribution in [0.4, 0.5) is 11.4 Å². The standard InChI is InChI=1S/C33H36N4O6S2/c1-25(35-33(39)29-19-11-13-21-31(29)37(45(3,42)43)24-27-16-8-5-9-17-27)22-34-32(38)28-18-10-12-20-30(28)36(44(2,40)41)23-26-14-6-4-7-15-26/h4-21,25H,22-24H2,1-3H3,(H,34,38)(H,35,39)/t25-/m1/s1. The number of carbonyl (C=O) groups excluding carboxylic acids is 2. The van der Waals surface area contributed by atoms with Crippen LogP contribution in [0.15, 0.2) is 109 Å². The Morgan fingerprint density at radius 2 is 0.978 bits per heavy atom. The highest BCUT2D eigenvalue weighted by atomic mass is 32.2. The van der Waals surface area contributed by atoms with E-state index in [0.717, 1.165) is 23.6 Å². The van der Waals surface area contributed by atoms with Gasteiger partial charge in [0.2, 0.25) is 20.0 Å². The average molecular weight is 649 g/mol. The van der Waals surface area contributed by atoms with E-state index in [0.29, 0.717) is 0 Å². The summed E-state index contributed by atoms with van der Waals surface area (Å²) in [7, 11) is -7.49. The van der Waals surface area contributed by atoms with Crippen molar-refractivity contribution in [3.8, 4) is 0 Å². The van der Waals surface area contributed by atoms with Gasteiger partial charge >= 0.3 is 0 Å². The molecular formula is C33H36N4O6S2. The molecule has 0 unspecified atom stereocenters. The van der Waals surface area contributed by atoms with Crippen LogP contribution in [0.3, 0.4) is 0 Å². The summed E-state index contributed by atoms with van der Waals surface area (Å²) < 4.78 is 53.5. The first kappa shape index (κ1) is 33.2. The highest BCUT2D eigenvalue weighted by Crippen LogP contribution is 2.27. The molecule has 1 atom stereocenters. The van der Waals surface area contributed by atoms with E-state index in [1.807, 2.05) is 36.4 Å². The quantitative estimate of drug-likeness (QED) is 0.224. The maximum Gasteiger partial charge on any atom is 0.253 e. The first-order valence-electron chi connectivity index (χ1n) is 14.1. The molecule has 0 radical (unpaired) electrons. The molecule has 0 spiro atoms. The third-order valence-corrected chi connectivity index (χ3v) is 9.17. The Balaban J connectivity index is 1.48. The summed E-state index contributed by atoms with van der Waals surface area (Å²) in [6.07, 6.45) is 2.18. The van der Waals surface area contributed by atoms with Gasteiger partial charge in [0.1, 0.15) is 0 Å². The minimum atomic E-state index is -3.75. The van der Waals surface area contributed by atoms with Gasteiger partial charge in [-0.05, 0) is 42.3 Å². The van der Waals surface area contributed by atoms with Gasteiger partial charge in [-0.15, -0.1) is 0 Å². The van der Waals surface area contributed by atoms with Crippen molar-refractivity contribution in [1.29, 1.82) is 0 Å². The molecule has 0 bridgehead atoms. The minimum absolute atomic E-state index is 0.0262. The maximum absolute atomic E-state index is 13.4. The number of sulfonamides is 2. The van der Waals surface area contributed by atoms with Gasteiger partial charge < -0.3 is 10.6 Å². The number of carbonyl (C=O) groups is 2. The van der Waals surface area contributed by atoms with E-state index < -0.39 is 37.9 Å². The van der Waals surface area contributed by atoms with Crippen LogP contribution >= 0.6 is 0 Å². The Hall–Kier alpha value is -4.68. The topological polar surface area (TPSA) is 133 Å². The molecular weight excluding hydrogens is 613 g/mol. The number of para-hydroxylation sites is 2. The molecule has 0 heterocycles. The molecule has 236 valence electrons. The summed E-state index contributed by atoms with van der Waals surface area (Å²) in [5.74, 6) is -1.03. The fraction of sp³-hybridized carbons (Fsp3) is 0.212. The third kappa shape index (κ3) is 8.93. The number of hydrogen-bond acceptors (Lipinski definition) is 6. The van der Waals surface area contributed by atoms with E-state index in [9.17, 15) is 26.4 Å². The lowest BCUT2D eigenvalue weighted by molar-refractivity contribution is 0.0913. The Kier molecular flexibility index (Phi) is 10.6. The molecule has 0 aromatic heterocycles. The fourth-order valence-electron chi connectivity index (χ4n) is 4.72. The number of amides is 2. The third-order valence-electron chi connectivity index (χ3n) is 6.92. The molecule has 4 rings (SSSR count). The Morgan fingerprint density at radius 3 is 1.40 bits per heavy atom. The van der Waals surface area contributed by atoms with Crippen molar-refractivity contribution in [3.63, 3.8) is 0 Å². The Bertz CT molecular complexity index is 1850. The van der Waals surface area contributed by atoms with Crippen molar-refractivity contribution in [2.24, 2.45) is 0 Å². The summed E-state index contributed by atoms with van der Waals surface area (Å²) in [5, 5.41) is 5.61. The molecule has 4 aromatic rings. The van der Waals surface area contributed by atoms with Crippen LogP contribution in [0.5, 0.6) is 0 Å². The number of benzene rings is 4. The van der Waals surface area contributed by atoms with Crippen molar-refractivity contribution < 1.29 is 26.4 Å². The lowest BCUT2D eigenvalue weighted by Gasteiger charge is -2.26. The highest BCUT2D eigenvalue weighted by Gasteiger charge is 2.26. The number of rotatable bonds is 13. The van der Waals surface area contributed by atoms with Crippen LogP contribution < -0.4 is 19.2 Å². The maximum atomic E-state index is 13.4. The van der Waals surface area contributed by atoms with E-state index in [2.05, 4.69) is 10.6 Å². The van der Waals surface area contributed by atoms with Gasteiger partial charge in [-0.3, -0.25) is 18.2 Å². The summed E-state index contributed by atoms with van der Waals surface area (Å²) in [5.41, 5.74) is 2.29. The zero-order valence-corrected chi connectivity index (χ0v) is 26.9. The molecule has 0 aliphatic rings. The van der Waals surface area contributed by atoms with Crippen molar-refractivity contribution in [1.82, 2.24) is 10.6 Å². The second-order valence-corrected chi connectivity index (χ2v) is 14.4.